The Labute approximate surface area is 177 Å². The molecule has 2 aromatic carbocycles. The zero-order valence-corrected chi connectivity index (χ0v) is 17.8. The lowest BCUT2D eigenvalue weighted by Gasteiger charge is -2.29. The van der Waals surface area contributed by atoms with Gasteiger partial charge in [0, 0.05) is 12.6 Å². The molecule has 1 aliphatic rings. The van der Waals surface area contributed by atoms with Gasteiger partial charge in [-0.25, -0.2) is 4.79 Å². The van der Waals surface area contributed by atoms with Crippen LogP contribution in [-0.2, 0) is 21.7 Å². The first-order valence-corrected chi connectivity index (χ1v) is 10.4. The summed E-state index contributed by atoms with van der Waals surface area (Å²) in [7, 11) is 0. The molecule has 0 aliphatic carbocycles. The predicted molar refractivity (Wildman–Crippen MR) is 115 cm³/mol. The van der Waals surface area contributed by atoms with Gasteiger partial charge >= 0.3 is 6.03 Å². The molecule has 0 aromatic heterocycles. The van der Waals surface area contributed by atoms with Gasteiger partial charge in [-0.2, -0.15) is 0 Å². The number of benzene rings is 2. The van der Waals surface area contributed by atoms with E-state index >= 15 is 0 Å². The van der Waals surface area contributed by atoms with Gasteiger partial charge in [0.25, 0.3) is 5.91 Å². The largest absolute Gasteiger partial charge is 0.334 e. The summed E-state index contributed by atoms with van der Waals surface area (Å²) in [5.41, 5.74) is 0.627. The number of rotatable bonds is 8. The molecule has 1 aliphatic heterocycles. The normalized spacial score (nSPS) is 18.6. The highest BCUT2D eigenvalue weighted by atomic mass is 16.2. The van der Waals surface area contributed by atoms with Crippen LogP contribution >= 0.6 is 0 Å². The van der Waals surface area contributed by atoms with Gasteiger partial charge in [0.1, 0.15) is 12.1 Å². The SMILES string of the molecule is CCC[C@]1(c2ccccc2)NC(=O)N(CC(=O)N(Cc2ccccc2)C(C)C)C1=O. The molecular formula is C24H29N3O3. The van der Waals surface area contributed by atoms with Crippen molar-refractivity contribution in [2.75, 3.05) is 6.54 Å². The highest BCUT2D eigenvalue weighted by Gasteiger charge is 2.52. The molecule has 0 radical (unpaired) electrons. The van der Waals surface area contributed by atoms with Gasteiger partial charge in [-0.1, -0.05) is 74.0 Å². The Kier molecular flexibility index (Phi) is 6.55. The number of hydrogen-bond acceptors (Lipinski definition) is 3. The van der Waals surface area contributed by atoms with Crippen LogP contribution in [0.1, 0.15) is 44.7 Å². The molecule has 3 rings (SSSR count). The summed E-state index contributed by atoms with van der Waals surface area (Å²) >= 11 is 0. The molecule has 6 nitrogen and oxygen atoms in total. The molecule has 0 unspecified atom stereocenters. The molecule has 0 bridgehead atoms. The number of nitrogens with zero attached hydrogens (tertiary/aromatic N) is 2. The van der Waals surface area contributed by atoms with E-state index in [0.29, 0.717) is 13.0 Å². The fourth-order valence-electron chi connectivity index (χ4n) is 3.94. The summed E-state index contributed by atoms with van der Waals surface area (Å²) in [5.74, 6) is -0.616. The van der Waals surface area contributed by atoms with Crippen LogP contribution in [0.5, 0.6) is 0 Å². The highest BCUT2D eigenvalue weighted by Crippen LogP contribution is 2.33. The zero-order valence-electron chi connectivity index (χ0n) is 17.8. The van der Waals surface area contributed by atoms with Gasteiger partial charge in [0.05, 0.1) is 0 Å². The van der Waals surface area contributed by atoms with Gasteiger partial charge in [-0.05, 0) is 31.4 Å². The Balaban J connectivity index is 1.82. The maximum absolute atomic E-state index is 13.4. The maximum Gasteiger partial charge on any atom is 0.325 e. The molecule has 1 heterocycles. The van der Waals surface area contributed by atoms with Crippen LogP contribution < -0.4 is 5.32 Å². The molecule has 1 fully saturated rings. The second kappa shape index (κ2) is 9.11. The maximum atomic E-state index is 13.4. The smallest absolute Gasteiger partial charge is 0.325 e. The predicted octanol–water partition coefficient (Wildman–Crippen LogP) is 3.67. The van der Waals surface area contributed by atoms with Crippen LogP contribution in [0.25, 0.3) is 0 Å². The molecule has 4 amide bonds. The van der Waals surface area contributed by atoms with E-state index in [9.17, 15) is 14.4 Å². The van der Waals surface area contributed by atoms with E-state index in [1.807, 2.05) is 81.4 Å². The summed E-state index contributed by atoms with van der Waals surface area (Å²) in [4.78, 5) is 42.0. The number of carbonyl (C=O) groups excluding carboxylic acids is 3. The Morgan fingerprint density at radius 1 is 1.03 bits per heavy atom. The van der Waals surface area contributed by atoms with Gasteiger partial charge in [0.2, 0.25) is 5.91 Å². The first-order valence-electron chi connectivity index (χ1n) is 10.4. The topological polar surface area (TPSA) is 69.7 Å². The third-order valence-electron chi connectivity index (χ3n) is 5.50. The Hall–Kier alpha value is -3.15. The minimum atomic E-state index is -1.12. The number of urea groups is 1. The summed E-state index contributed by atoms with van der Waals surface area (Å²) in [6.45, 7) is 5.99. The van der Waals surface area contributed by atoms with Crippen LogP contribution in [0.2, 0.25) is 0 Å². The minimum Gasteiger partial charge on any atom is -0.334 e. The van der Waals surface area contributed by atoms with E-state index in [1.165, 1.54) is 0 Å². The lowest BCUT2D eigenvalue weighted by Crippen LogP contribution is -2.47. The molecule has 0 spiro atoms. The van der Waals surface area contributed by atoms with Crippen LogP contribution in [0.15, 0.2) is 60.7 Å². The Morgan fingerprint density at radius 3 is 2.20 bits per heavy atom. The number of nitrogens with one attached hydrogen (secondary N) is 1. The monoisotopic (exact) mass is 407 g/mol. The molecular weight excluding hydrogens is 378 g/mol. The van der Waals surface area contributed by atoms with Crippen LogP contribution in [0, 0.1) is 0 Å². The van der Waals surface area contributed by atoms with Crippen molar-refractivity contribution in [2.24, 2.45) is 0 Å². The van der Waals surface area contributed by atoms with Crippen LogP contribution in [0.4, 0.5) is 4.79 Å². The first kappa shape index (κ1) is 21.6. The quantitative estimate of drug-likeness (QED) is 0.679. The van der Waals surface area contributed by atoms with Crippen molar-refractivity contribution in [3.63, 3.8) is 0 Å². The zero-order chi connectivity index (χ0) is 21.7. The molecule has 2 aromatic rings. The van der Waals surface area contributed by atoms with Crippen molar-refractivity contribution in [1.82, 2.24) is 15.1 Å². The van der Waals surface area contributed by atoms with Crippen molar-refractivity contribution < 1.29 is 14.4 Å². The number of amides is 4. The fraction of sp³-hybridized carbons (Fsp3) is 0.375. The lowest BCUT2D eigenvalue weighted by molar-refractivity contribution is -0.140. The molecule has 0 saturated carbocycles. The van der Waals surface area contributed by atoms with Crippen molar-refractivity contribution in [1.29, 1.82) is 0 Å². The third-order valence-corrected chi connectivity index (χ3v) is 5.50. The highest BCUT2D eigenvalue weighted by molar-refractivity contribution is 6.09. The Morgan fingerprint density at radius 2 is 1.63 bits per heavy atom. The summed E-state index contributed by atoms with van der Waals surface area (Å²) < 4.78 is 0. The molecule has 6 heteroatoms. The minimum absolute atomic E-state index is 0.0620. The van der Waals surface area contributed by atoms with E-state index in [0.717, 1.165) is 22.4 Å². The van der Waals surface area contributed by atoms with Gasteiger partial charge in [-0.3, -0.25) is 14.5 Å². The van der Waals surface area contributed by atoms with Crippen molar-refractivity contribution >= 4 is 17.8 Å². The number of carbonyl (C=O) groups is 3. The average Bonchev–Trinajstić information content (AvgIpc) is 2.98. The van der Waals surface area contributed by atoms with Crippen molar-refractivity contribution in [2.45, 2.75) is 51.7 Å². The van der Waals surface area contributed by atoms with Crippen LogP contribution in [0.3, 0.4) is 0 Å². The summed E-state index contributed by atoms with van der Waals surface area (Å²) in [6.07, 6.45) is 1.19. The second-order valence-corrected chi connectivity index (χ2v) is 7.94. The number of hydrogen-bond donors (Lipinski definition) is 1. The molecule has 30 heavy (non-hydrogen) atoms. The lowest BCUT2D eigenvalue weighted by atomic mass is 9.85. The van der Waals surface area contributed by atoms with E-state index in [1.54, 1.807) is 4.90 Å². The van der Waals surface area contributed by atoms with E-state index < -0.39 is 11.6 Å². The molecule has 1 atom stereocenters. The second-order valence-electron chi connectivity index (χ2n) is 7.94. The van der Waals surface area contributed by atoms with Gasteiger partial charge < -0.3 is 10.2 Å². The average molecular weight is 408 g/mol. The van der Waals surface area contributed by atoms with E-state index in [-0.39, 0.29) is 24.4 Å². The van der Waals surface area contributed by atoms with E-state index in [2.05, 4.69) is 5.32 Å². The third kappa shape index (κ3) is 4.22. The Bertz CT molecular complexity index is 898. The van der Waals surface area contributed by atoms with Crippen LogP contribution in [-0.4, -0.2) is 40.2 Å². The fourth-order valence-corrected chi connectivity index (χ4v) is 3.94. The summed E-state index contributed by atoms with van der Waals surface area (Å²) in [6, 6.07) is 18.4. The first-order chi connectivity index (χ1) is 14.4. The molecule has 158 valence electrons. The van der Waals surface area contributed by atoms with Crippen molar-refractivity contribution in [3.05, 3.63) is 71.8 Å². The van der Waals surface area contributed by atoms with Crippen molar-refractivity contribution in [3.8, 4) is 0 Å². The number of imide groups is 1. The summed E-state index contributed by atoms with van der Waals surface area (Å²) in [5, 5.41) is 2.87. The standard InChI is InChI=1S/C24H29N3O3/c1-4-15-24(20-13-9-6-10-14-20)22(29)27(23(30)25-24)17-21(28)26(18(2)3)16-19-11-7-5-8-12-19/h5-14,18H,4,15-17H2,1-3H3,(H,25,30)/t24-/m1/s1. The molecule has 1 N–H and O–H groups in total. The molecule has 1 saturated heterocycles. The van der Waals surface area contributed by atoms with Gasteiger partial charge in [-0.15, -0.1) is 0 Å². The van der Waals surface area contributed by atoms with E-state index in [4.69, 9.17) is 0 Å². The van der Waals surface area contributed by atoms with Gasteiger partial charge in [0.15, 0.2) is 0 Å².